The van der Waals surface area contributed by atoms with Gasteiger partial charge in [-0.05, 0) is 18.6 Å². The van der Waals surface area contributed by atoms with E-state index >= 15 is 0 Å². The summed E-state index contributed by atoms with van der Waals surface area (Å²) >= 11 is 0. The van der Waals surface area contributed by atoms with Gasteiger partial charge in [-0.2, -0.15) is 0 Å². The van der Waals surface area contributed by atoms with Crippen LogP contribution in [0, 0.1) is 5.82 Å². The van der Waals surface area contributed by atoms with Crippen molar-refractivity contribution in [2.24, 2.45) is 0 Å². The number of carbonyl (C=O) groups is 1. The summed E-state index contributed by atoms with van der Waals surface area (Å²) < 4.78 is 17.9. The van der Waals surface area contributed by atoms with Gasteiger partial charge >= 0.3 is 6.03 Å². The van der Waals surface area contributed by atoms with Gasteiger partial charge in [0.05, 0.1) is 25.4 Å². The van der Waals surface area contributed by atoms with Crippen LogP contribution in [-0.2, 0) is 0 Å². The van der Waals surface area contributed by atoms with Gasteiger partial charge in [0.15, 0.2) is 0 Å². The lowest BCUT2D eigenvalue weighted by atomic mass is 10.2. The topological polar surface area (TPSA) is 70.6 Å². The molecule has 0 bridgehead atoms. The molecule has 0 saturated carbocycles. The minimum Gasteiger partial charge on any atom is -0.494 e. The molecule has 1 aromatic rings. The number of hydrogen-bond acceptors (Lipinski definition) is 3. The molecule has 1 unspecified atom stereocenters. The first-order valence-electron chi connectivity index (χ1n) is 5.62. The number of nitrogens with one attached hydrogen (secondary N) is 2. The van der Waals surface area contributed by atoms with Crippen LogP contribution in [0.15, 0.2) is 18.2 Å². The Morgan fingerprint density at radius 1 is 1.56 bits per heavy atom. The van der Waals surface area contributed by atoms with Crippen LogP contribution in [0.25, 0.3) is 0 Å². The van der Waals surface area contributed by atoms with Gasteiger partial charge in [-0.1, -0.05) is 6.92 Å². The number of urea groups is 1. The molecule has 0 aliphatic rings. The normalized spacial score (nSPS) is 11.8. The van der Waals surface area contributed by atoms with E-state index in [0.717, 1.165) is 0 Å². The third kappa shape index (κ3) is 3.89. The predicted molar refractivity (Wildman–Crippen MR) is 66.3 cm³/mol. The molecule has 0 heterocycles. The number of aliphatic hydroxyl groups is 1. The molecule has 1 aromatic carbocycles. The molecule has 0 saturated heterocycles. The van der Waals surface area contributed by atoms with E-state index in [1.165, 1.54) is 25.3 Å². The van der Waals surface area contributed by atoms with E-state index < -0.39 is 11.8 Å². The van der Waals surface area contributed by atoms with Crippen molar-refractivity contribution in [3.8, 4) is 5.75 Å². The van der Waals surface area contributed by atoms with E-state index in [1.807, 2.05) is 6.92 Å². The lowest BCUT2D eigenvalue weighted by molar-refractivity contribution is 0.222. The second kappa shape index (κ2) is 6.80. The number of benzene rings is 1. The molecular formula is C12H17FN2O3. The molecule has 0 aliphatic carbocycles. The van der Waals surface area contributed by atoms with E-state index in [2.05, 4.69) is 10.6 Å². The van der Waals surface area contributed by atoms with Gasteiger partial charge in [0.1, 0.15) is 11.6 Å². The van der Waals surface area contributed by atoms with Crippen molar-refractivity contribution in [1.82, 2.24) is 5.32 Å². The summed E-state index contributed by atoms with van der Waals surface area (Å²) in [4.78, 5) is 11.6. The second-order valence-electron chi connectivity index (χ2n) is 3.73. The molecule has 3 N–H and O–H groups in total. The van der Waals surface area contributed by atoms with Gasteiger partial charge in [0, 0.05) is 6.07 Å². The minimum atomic E-state index is -0.471. The van der Waals surface area contributed by atoms with Crippen LogP contribution in [0.3, 0.4) is 0 Å². The molecule has 0 spiro atoms. The van der Waals surface area contributed by atoms with Crippen molar-refractivity contribution in [3.05, 3.63) is 24.0 Å². The molecule has 0 radical (unpaired) electrons. The number of amides is 2. The fourth-order valence-corrected chi connectivity index (χ4v) is 1.39. The van der Waals surface area contributed by atoms with Crippen LogP contribution >= 0.6 is 0 Å². The zero-order valence-electron chi connectivity index (χ0n) is 10.4. The lowest BCUT2D eigenvalue weighted by Gasteiger charge is -2.16. The third-order valence-corrected chi connectivity index (χ3v) is 2.46. The maximum Gasteiger partial charge on any atom is 0.319 e. The standard InChI is InChI=1S/C12H17FN2O3/c1-3-9(7-16)14-12(17)15-10-5-4-8(13)6-11(10)18-2/h4-6,9,16H,3,7H2,1-2H3,(H2,14,15,17). The number of aliphatic hydroxyl groups excluding tert-OH is 1. The molecule has 5 nitrogen and oxygen atoms in total. The maximum atomic E-state index is 12.9. The second-order valence-corrected chi connectivity index (χ2v) is 3.73. The summed E-state index contributed by atoms with van der Waals surface area (Å²) in [5.74, 6) is -0.207. The average molecular weight is 256 g/mol. The van der Waals surface area contributed by atoms with E-state index in [0.29, 0.717) is 12.1 Å². The van der Waals surface area contributed by atoms with Gasteiger partial charge in [-0.15, -0.1) is 0 Å². The number of halogens is 1. The molecule has 0 aromatic heterocycles. The number of rotatable bonds is 5. The summed E-state index contributed by atoms with van der Waals surface area (Å²) in [6, 6.07) is 3.03. The molecule has 2 amide bonds. The molecule has 0 aliphatic heterocycles. The zero-order chi connectivity index (χ0) is 13.5. The Morgan fingerprint density at radius 2 is 2.28 bits per heavy atom. The molecule has 18 heavy (non-hydrogen) atoms. The number of carbonyl (C=O) groups excluding carboxylic acids is 1. The first-order valence-corrected chi connectivity index (χ1v) is 5.62. The minimum absolute atomic E-state index is 0.134. The fraction of sp³-hybridized carbons (Fsp3) is 0.417. The van der Waals surface area contributed by atoms with Crippen molar-refractivity contribution >= 4 is 11.7 Å². The van der Waals surface area contributed by atoms with Crippen molar-refractivity contribution in [1.29, 1.82) is 0 Å². The maximum absolute atomic E-state index is 12.9. The molecule has 1 atom stereocenters. The molecular weight excluding hydrogens is 239 g/mol. The largest absolute Gasteiger partial charge is 0.494 e. The summed E-state index contributed by atoms with van der Waals surface area (Å²) in [5.41, 5.74) is 0.365. The van der Waals surface area contributed by atoms with Crippen molar-refractivity contribution in [2.75, 3.05) is 19.0 Å². The third-order valence-electron chi connectivity index (χ3n) is 2.46. The van der Waals surface area contributed by atoms with Crippen LogP contribution in [0.5, 0.6) is 5.75 Å². The Labute approximate surface area is 105 Å². The Kier molecular flexibility index (Phi) is 5.38. The van der Waals surface area contributed by atoms with Crippen LogP contribution in [0.4, 0.5) is 14.9 Å². The Morgan fingerprint density at radius 3 is 2.83 bits per heavy atom. The number of methoxy groups -OCH3 is 1. The SMILES string of the molecule is CCC(CO)NC(=O)Nc1ccc(F)cc1OC. The summed E-state index contributed by atoms with van der Waals surface area (Å²) in [6.07, 6.45) is 0.616. The van der Waals surface area contributed by atoms with Crippen LogP contribution < -0.4 is 15.4 Å². The quantitative estimate of drug-likeness (QED) is 0.751. The highest BCUT2D eigenvalue weighted by Crippen LogP contribution is 2.24. The number of ether oxygens (including phenoxy) is 1. The van der Waals surface area contributed by atoms with E-state index in [9.17, 15) is 9.18 Å². The smallest absolute Gasteiger partial charge is 0.319 e. The monoisotopic (exact) mass is 256 g/mol. The first-order chi connectivity index (χ1) is 8.60. The lowest BCUT2D eigenvalue weighted by Crippen LogP contribution is -2.39. The summed E-state index contributed by atoms with van der Waals surface area (Å²) in [5, 5.41) is 14.1. The van der Waals surface area contributed by atoms with E-state index in [-0.39, 0.29) is 18.4 Å². The van der Waals surface area contributed by atoms with Crippen LogP contribution in [0.2, 0.25) is 0 Å². The summed E-state index contributed by atoms with van der Waals surface area (Å²) in [6.45, 7) is 1.71. The van der Waals surface area contributed by atoms with Gasteiger partial charge in [-0.25, -0.2) is 9.18 Å². The average Bonchev–Trinajstić information content (AvgIpc) is 2.38. The van der Waals surface area contributed by atoms with Crippen molar-refractivity contribution in [2.45, 2.75) is 19.4 Å². The molecule has 100 valence electrons. The van der Waals surface area contributed by atoms with Gasteiger partial charge in [0.2, 0.25) is 0 Å². The highest BCUT2D eigenvalue weighted by atomic mass is 19.1. The summed E-state index contributed by atoms with van der Waals surface area (Å²) in [7, 11) is 1.39. The van der Waals surface area contributed by atoms with Crippen molar-refractivity contribution in [3.63, 3.8) is 0 Å². The molecule has 6 heteroatoms. The van der Waals surface area contributed by atoms with Crippen LogP contribution in [0.1, 0.15) is 13.3 Å². The molecule has 1 rings (SSSR count). The van der Waals surface area contributed by atoms with Gasteiger partial charge in [-0.3, -0.25) is 0 Å². The van der Waals surface area contributed by atoms with E-state index in [4.69, 9.17) is 9.84 Å². The van der Waals surface area contributed by atoms with Gasteiger partial charge < -0.3 is 20.5 Å². The predicted octanol–water partition coefficient (Wildman–Crippen LogP) is 1.73. The Hall–Kier alpha value is -1.82. The fourth-order valence-electron chi connectivity index (χ4n) is 1.39. The highest BCUT2D eigenvalue weighted by Gasteiger charge is 2.11. The number of anilines is 1. The zero-order valence-corrected chi connectivity index (χ0v) is 10.4. The Balaban J connectivity index is 2.69. The Bertz CT molecular complexity index is 408. The molecule has 0 fully saturated rings. The van der Waals surface area contributed by atoms with E-state index in [1.54, 1.807) is 0 Å². The first kappa shape index (κ1) is 14.2. The van der Waals surface area contributed by atoms with Crippen molar-refractivity contribution < 1.29 is 19.0 Å². The van der Waals surface area contributed by atoms with Gasteiger partial charge in [0.25, 0.3) is 0 Å². The van der Waals surface area contributed by atoms with Crippen LogP contribution in [-0.4, -0.2) is 30.9 Å². The highest BCUT2D eigenvalue weighted by molar-refractivity contribution is 5.91. The number of hydrogen-bond donors (Lipinski definition) is 3.